The van der Waals surface area contributed by atoms with Crippen molar-refractivity contribution in [3.05, 3.63) is 34.9 Å². The zero-order chi connectivity index (χ0) is 12.3. The van der Waals surface area contributed by atoms with Crippen molar-refractivity contribution in [1.82, 2.24) is 5.32 Å². The molecular weight excluding hydrogens is 206 g/mol. The average molecular weight is 221 g/mol. The predicted octanol–water partition coefficient (Wildman–Crippen LogP) is 1.48. The maximum atomic E-state index is 11.8. The highest BCUT2D eigenvalue weighted by molar-refractivity contribution is 6.01. The summed E-state index contributed by atoms with van der Waals surface area (Å²) in [6.45, 7) is 3.45. The van der Waals surface area contributed by atoms with Gasteiger partial charge in [-0.3, -0.25) is 4.79 Å². The summed E-state index contributed by atoms with van der Waals surface area (Å²) in [5, 5.41) is 11.7. The third kappa shape index (κ3) is 2.46. The van der Waals surface area contributed by atoms with Crippen molar-refractivity contribution in [1.29, 1.82) is 0 Å². The van der Waals surface area contributed by atoms with Gasteiger partial charge in [0, 0.05) is 5.56 Å². The summed E-state index contributed by atoms with van der Waals surface area (Å²) in [7, 11) is 1.71. The number of benzene rings is 1. The van der Waals surface area contributed by atoms with Gasteiger partial charge in [0.2, 0.25) is 0 Å². The fraction of sp³-hybridized carbons (Fsp3) is 0.333. The van der Waals surface area contributed by atoms with E-state index in [2.05, 4.69) is 5.32 Å². The molecule has 2 N–H and O–H groups in total. The molecular formula is C12H15NO3. The summed E-state index contributed by atoms with van der Waals surface area (Å²) < 4.78 is 0. The number of ketones is 1. The highest BCUT2D eigenvalue weighted by Gasteiger charge is 2.15. The maximum absolute atomic E-state index is 11.8. The minimum atomic E-state index is -0.974. The van der Waals surface area contributed by atoms with Crippen LogP contribution >= 0.6 is 0 Å². The summed E-state index contributed by atoms with van der Waals surface area (Å²) in [5.41, 5.74) is 1.36. The Hall–Kier alpha value is -1.68. The number of carbonyl (C=O) groups excluding carboxylic acids is 1. The number of carboxylic acid groups (broad SMARTS) is 1. The van der Waals surface area contributed by atoms with E-state index in [1.54, 1.807) is 33.0 Å². The lowest BCUT2D eigenvalue weighted by Gasteiger charge is -2.10. The van der Waals surface area contributed by atoms with Crippen LogP contribution in [0, 0.1) is 6.92 Å². The number of hydrogen-bond acceptors (Lipinski definition) is 3. The molecule has 0 amide bonds. The minimum Gasteiger partial charge on any atom is -0.478 e. The molecule has 86 valence electrons. The third-order valence-corrected chi connectivity index (χ3v) is 2.57. The van der Waals surface area contributed by atoms with Crippen LogP contribution in [0.3, 0.4) is 0 Å². The zero-order valence-electron chi connectivity index (χ0n) is 9.57. The second-order valence-corrected chi connectivity index (χ2v) is 3.71. The van der Waals surface area contributed by atoms with Crippen LogP contribution in [0.4, 0.5) is 0 Å². The van der Waals surface area contributed by atoms with Gasteiger partial charge in [-0.1, -0.05) is 6.07 Å². The molecule has 0 aromatic heterocycles. The van der Waals surface area contributed by atoms with Crippen molar-refractivity contribution in [2.24, 2.45) is 0 Å². The number of nitrogens with one attached hydrogen (secondary N) is 1. The predicted molar refractivity (Wildman–Crippen MR) is 61.0 cm³/mol. The van der Waals surface area contributed by atoms with Crippen LogP contribution in [0.5, 0.6) is 0 Å². The van der Waals surface area contributed by atoms with Crippen LogP contribution in [0.15, 0.2) is 18.2 Å². The van der Waals surface area contributed by atoms with E-state index in [1.165, 1.54) is 6.07 Å². The van der Waals surface area contributed by atoms with Gasteiger partial charge in [0.1, 0.15) is 0 Å². The first-order valence-electron chi connectivity index (χ1n) is 5.02. The smallest absolute Gasteiger partial charge is 0.335 e. The Morgan fingerprint density at radius 1 is 1.38 bits per heavy atom. The van der Waals surface area contributed by atoms with Crippen LogP contribution in [0.1, 0.15) is 33.2 Å². The second-order valence-electron chi connectivity index (χ2n) is 3.71. The van der Waals surface area contributed by atoms with E-state index in [0.717, 1.165) is 0 Å². The second kappa shape index (κ2) is 4.90. The van der Waals surface area contributed by atoms with E-state index in [9.17, 15) is 9.59 Å². The number of aromatic carboxylic acids is 1. The quantitative estimate of drug-likeness (QED) is 0.756. The van der Waals surface area contributed by atoms with Gasteiger partial charge in [0.05, 0.1) is 11.6 Å². The van der Waals surface area contributed by atoms with Crippen molar-refractivity contribution in [3.63, 3.8) is 0 Å². The van der Waals surface area contributed by atoms with Gasteiger partial charge in [-0.2, -0.15) is 0 Å². The Bertz CT molecular complexity index is 426. The molecule has 16 heavy (non-hydrogen) atoms. The number of carbonyl (C=O) groups is 2. The van der Waals surface area contributed by atoms with Gasteiger partial charge < -0.3 is 10.4 Å². The van der Waals surface area contributed by atoms with Crippen molar-refractivity contribution >= 4 is 11.8 Å². The normalized spacial score (nSPS) is 12.2. The molecule has 0 fully saturated rings. The molecule has 0 bridgehead atoms. The molecule has 0 aliphatic rings. The van der Waals surface area contributed by atoms with Gasteiger partial charge in [-0.05, 0) is 38.6 Å². The van der Waals surface area contributed by atoms with Crippen LogP contribution in [-0.4, -0.2) is 29.9 Å². The first kappa shape index (κ1) is 12.4. The Balaban J connectivity index is 3.06. The molecule has 4 nitrogen and oxygen atoms in total. The van der Waals surface area contributed by atoms with Gasteiger partial charge >= 0.3 is 5.97 Å². The van der Waals surface area contributed by atoms with Gasteiger partial charge in [0.15, 0.2) is 5.78 Å². The van der Waals surface area contributed by atoms with Crippen molar-refractivity contribution in [3.8, 4) is 0 Å². The molecule has 0 heterocycles. The van der Waals surface area contributed by atoms with E-state index >= 15 is 0 Å². The number of Topliss-reactive ketones (excluding diaryl/α,β-unsaturated/α-hetero) is 1. The zero-order valence-corrected chi connectivity index (χ0v) is 9.57. The van der Waals surface area contributed by atoms with E-state index in [1.807, 2.05) is 0 Å². The van der Waals surface area contributed by atoms with E-state index in [-0.39, 0.29) is 17.4 Å². The highest BCUT2D eigenvalue weighted by Crippen LogP contribution is 2.12. The van der Waals surface area contributed by atoms with E-state index < -0.39 is 5.97 Å². The van der Waals surface area contributed by atoms with Gasteiger partial charge in [-0.25, -0.2) is 4.79 Å². The molecule has 0 saturated heterocycles. The largest absolute Gasteiger partial charge is 0.478 e. The summed E-state index contributed by atoms with van der Waals surface area (Å²) in [5.74, 6) is -1.01. The number of likely N-dealkylation sites (N-methyl/N-ethyl adjacent to an activating group) is 1. The fourth-order valence-electron chi connectivity index (χ4n) is 1.44. The van der Waals surface area contributed by atoms with Gasteiger partial charge in [-0.15, -0.1) is 0 Å². The van der Waals surface area contributed by atoms with Crippen LogP contribution < -0.4 is 5.32 Å². The topological polar surface area (TPSA) is 66.4 Å². The van der Waals surface area contributed by atoms with E-state index in [4.69, 9.17) is 5.11 Å². The minimum absolute atomic E-state index is 0.0393. The molecule has 4 heteroatoms. The fourth-order valence-corrected chi connectivity index (χ4v) is 1.44. The molecule has 0 saturated carbocycles. The van der Waals surface area contributed by atoms with Crippen molar-refractivity contribution in [2.45, 2.75) is 19.9 Å². The summed E-state index contributed by atoms with van der Waals surface area (Å²) in [6.07, 6.45) is 0. The lowest BCUT2D eigenvalue weighted by molar-refractivity contribution is 0.0695. The Morgan fingerprint density at radius 2 is 2.00 bits per heavy atom. The number of aryl methyl sites for hydroxylation is 1. The molecule has 1 aromatic carbocycles. The van der Waals surface area contributed by atoms with E-state index in [0.29, 0.717) is 11.1 Å². The van der Waals surface area contributed by atoms with Crippen molar-refractivity contribution < 1.29 is 14.7 Å². The highest BCUT2D eigenvalue weighted by atomic mass is 16.4. The lowest BCUT2D eigenvalue weighted by atomic mass is 10.00. The Labute approximate surface area is 94.3 Å². The molecule has 0 spiro atoms. The molecule has 1 aromatic rings. The van der Waals surface area contributed by atoms with Crippen LogP contribution in [-0.2, 0) is 0 Å². The summed E-state index contributed by atoms with van der Waals surface area (Å²) in [6, 6.07) is 4.36. The lowest BCUT2D eigenvalue weighted by Crippen LogP contribution is -2.30. The monoisotopic (exact) mass is 221 g/mol. The Morgan fingerprint density at radius 3 is 2.44 bits per heavy atom. The number of carboxylic acids is 1. The molecule has 1 rings (SSSR count). The number of hydrogen-bond donors (Lipinski definition) is 2. The standard InChI is InChI=1S/C12H15NO3/c1-7-6-9(11(14)8(2)13-3)4-5-10(7)12(15)16/h4-6,8,13H,1-3H3,(H,15,16). The van der Waals surface area contributed by atoms with Crippen LogP contribution in [0.2, 0.25) is 0 Å². The summed E-state index contributed by atoms with van der Waals surface area (Å²) in [4.78, 5) is 22.6. The Kier molecular flexibility index (Phi) is 3.79. The summed E-state index contributed by atoms with van der Waals surface area (Å²) >= 11 is 0. The maximum Gasteiger partial charge on any atom is 0.335 e. The van der Waals surface area contributed by atoms with Gasteiger partial charge in [0.25, 0.3) is 0 Å². The molecule has 0 aliphatic heterocycles. The van der Waals surface area contributed by atoms with Crippen molar-refractivity contribution in [2.75, 3.05) is 7.05 Å². The van der Waals surface area contributed by atoms with Crippen LogP contribution in [0.25, 0.3) is 0 Å². The third-order valence-electron chi connectivity index (χ3n) is 2.57. The molecule has 0 aliphatic carbocycles. The SMILES string of the molecule is CNC(C)C(=O)c1ccc(C(=O)O)c(C)c1. The first-order chi connectivity index (χ1) is 7.47. The molecule has 0 radical (unpaired) electrons. The molecule has 1 atom stereocenters. The number of rotatable bonds is 4. The average Bonchev–Trinajstić information content (AvgIpc) is 2.26. The molecule has 1 unspecified atom stereocenters. The first-order valence-corrected chi connectivity index (χ1v) is 5.02.